The maximum absolute atomic E-state index is 12.4. The fourth-order valence-electron chi connectivity index (χ4n) is 3.81. The van der Waals surface area contributed by atoms with Gasteiger partial charge in [0.05, 0.1) is 6.54 Å². The van der Waals surface area contributed by atoms with Crippen LogP contribution in [0.3, 0.4) is 0 Å². The first-order valence-electron chi connectivity index (χ1n) is 8.42. The van der Waals surface area contributed by atoms with Crippen molar-refractivity contribution in [1.82, 2.24) is 4.90 Å². The van der Waals surface area contributed by atoms with E-state index >= 15 is 0 Å². The second-order valence-corrected chi connectivity index (χ2v) is 7.58. The zero-order valence-corrected chi connectivity index (χ0v) is 14.3. The Morgan fingerprint density at radius 3 is 3.04 bits per heavy atom. The topological polar surface area (TPSA) is 32.3 Å². The first-order valence-corrected chi connectivity index (χ1v) is 9.30. The Morgan fingerprint density at radius 1 is 1.26 bits per heavy atom. The van der Waals surface area contributed by atoms with E-state index in [1.807, 2.05) is 17.4 Å². The molecule has 1 atom stereocenters. The van der Waals surface area contributed by atoms with E-state index in [-0.39, 0.29) is 5.91 Å². The number of rotatable bonds is 3. The van der Waals surface area contributed by atoms with Gasteiger partial charge < -0.3 is 5.32 Å². The van der Waals surface area contributed by atoms with E-state index in [0.29, 0.717) is 12.6 Å². The zero-order valence-electron chi connectivity index (χ0n) is 13.5. The lowest BCUT2D eigenvalue weighted by atomic mass is 10.0. The molecule has 0 radical (unpaired) electrons. The summed E-state index contributed by atoms with van der Waals surface area (Å²) >= 11 is 1.84. The molecule has 1 N–H and O–H groups in total. The molecule has 1 aromatic heterocycles. The molecule has 0 saturated heterocycles. The number of thiophene rings is 1. The molecule has 1 aliphatic carbocycles. The van der Waals surface area contributed by atoms with E-state index in [1.54, 1.807) is 0 Å². The van der Waals surface area contributed by atoms with E-state index in [9.17, 15) is 4.79 Å². The molecule has 120 valence electrons. The van der Waals surface area contributed by atoms with Gasteiger partial charge in [-0.3, -0.25) is 9.69 Å². The summed E-state index contributed by atoms with van der Waals surface area (Å²) in [6.07, 6.45) is 4.62. The minimum Gasteiger partial charge on any atom is -0.325 e. The number of carbonyl (C=O) groups excluding carboxylic acids is 1. The van der Waals surface area contributed by atoms with E-state index in [0.717, 1.165) is 25.1 Å². The smallest absolute Gasteiger partial charge is 0.238 e. The van der Waals surface area contributed by atoms with E-state index < -0.39 is 0 Å². The van der Waals surface area contributed by atoms with Crippen molar-refractivity contribution in [2.24, 2.45) is 0 Å². The average molecular weight is 326 g/mol. The molecule has 1 aliphatic heterocycles. The Hall–Kier alpha value is -1.65. The third-order valence-corrected chi connectivity index (χ3v) is 6.13. The van der Waals surface area contributed by atoms with Crippen LogP contribution in [0, 0.1) is 0 Å². The van der Waals surface area contributed by atoms with Crippen molar-refractivity contribution < 1.29 is 4.79 Å². The highest BCUT2D eigenvalue weighted by Gasteiger charge is 2.26. The number of nitrogens with zero attached hydrogens (tertiary/aromatic N) is 1. The lowest BCUT2D eigenvalue weighted by Gasteiger charge is -2.32. The molecule has 4 heteroatoms. The van der Waals surface area contributed by atoms with Crippen molar-refractivity contribution in [2.45, 2.75) is 38.6 Å². The summed E-state index contributed by atoms with van der Waals surface area (Å²) in [6.45, 7) is 3.63. The van der Waals surface area contributed by atoms with Gasteiger partial charge in [0.2, 0.25) is 5.91 Å². The fourth-order valence-corrected chi connectivity index (χ4v) is 4.77. The largest absolute Gasteiger partial charge is 0.325 e. The maximum atomic E-state index is 12.4. The molecule has 3 nitrogen and oxygen atoms in total. The first-order chi connectivity index (χ1) is 11.2. The average Bonchev–Trinajstić information content (AvgIpc) is 3.18. The molecule has 0 saturated carbocycles. The summed E-state index contributed by atoms with van der Waals surface area (Å²) in [5.41, 5.74) is 5.18. The molecule has 1 amide bonds. The molecule has 2 heterocycles. The number of hydrogen-bond acceptors (Lipinski definition) is 3. The van der Waals surface area contributed by atoms with Gasteiger partial charge in [-0.2, -0.15) is 0 Å². The van der Waals surface area contributed by atoms with Gasteiger partial charge in [0, 0.05) is 23.2 Å². The minimum atomic E-state index is 0.0912. The van der Waals surface area contributed by atoms with Crippen LogP contribution in [0.4, 0.5) is 5.69 Å². The molecule has 0 spiro atoms. The highest BCUT2D eigenvalue weighted by atomic mass is 32.1. The van der Waals surface area contributed by atoms with Crippen LogP contribution in [0.25, 0.3) is 0 Å². The Kier molecular flexibility index (Phi) is 3.95. The van der Waals surface area contributed by atoms with Gasteiger partial charge in [-0.1, -0.05) is 6.07 Å². The molecular formula is C19H22N2OS. The van der Waals surface area contributed by atoms with Gasteiger partial charge in [0.25, 0.3) is 0 Å². The van der Waals surface area contributed by atoms with Crippen LogP contribution in [0.15, 0.2) is 29.6 Å². The van der Waals surface area contributed by atoms with Crippen molar-refractivity contribution in [3.05, 3.63) is 51.2 Å². The summed E-state index contributed by atoms with van der Waals surface area (Å²) in [5.74, 6) is 0.0912. The molecule has 0 bridgehead atoms. The minimum absolute atomic E-state index is 0.0912. The van der Waals surface area contributed by atoms with Crippen LogP contribution in [0.5, 0.6) is 0 Å². The monoisotopic (exact) mass is 326 g/mol. The summed E-state index contributed by atoms with van der Waals surface area (Å²) in [5, 5.41) is 5.24. The molecule has 2 aliphatic rings. The van der Waals surface area contributed by atoms with Crippen molar-refractivity contribution in [2.75, 3.05) is 18.4 Å². The van der Waals surface area contributed by atoms with Crippen LogP contribution < -0.4 is 5.32 Å². The molecule has 0 unspecified atom stereocenters. The molecule has 23 heavy (non-hydrogen) atoms. The second-order valence-electron chi connectivity index (χ2n) is 6.58. The summed E-state index contributed by atoms with van der Waals surface area (Å²) in [4.78, 5) is 16.2. The van der Waals surface area contributed by atoms with Crippen LogP contribution in [0.1, 0.15) is 41.0 Å². The highest BCUT2D eigenvalue weighted by Crippen LogP contribution is 2.32. The predicted molar refractivity (Wildman–Crippen MR) is 95.1 cm³/mol. The number of anilines is 1. The maximum Gasteiger partial charge on any atom is 0.238 e. The van der Waals surface area contributed by atoms with Gasteiger partial charge in [0.15, 0.2) is 0 Å². The molecule has 4 rings (SSSR count). The molecule has 0 fully saturated rings. The van der Waals surface area contributed by atoms with Crippen LogP contribution in [-0.2, 0) is 24.1 Å². The van der Waals surface area contributed by atoms with Gasteiger partial charge in [-0.15, -0.1) is 11.3 Å². The summed E-state index contributed by atoms with van der Waals surface area (Å²) in [7, 11) is 0. The van der Waals surface area contributed by atoms with Gasteiger partial charge in [0.1, 0.15) is 0 Å². The number of fused-ring (bicyclic) bond motifs is 2. The zero-order chi connectivity index (χ0) is 15.8. The van der Waals surface area contributed by atoms with Crippen molar-refractivity contribution >= 4 is 22.9 Å². The number of benzene rings is 1. The number of carbonyl (C=O) groups is 1. The molecule has 1 aromatic carbocycles. The van der Waals surface area contributed by atoms with Crippen LogP contribution >= 0.6 is 11.3 Å². The Balaban J connectivity index is 1.41. The second kappa shape index (κ2) is 6.10. The quantitative estimate of drug-likeness (QED) is 0.930. The number of nitrogens with one attached hydrogen (secondary N) is 1. The number of hydrogen-bond donors (Lipinski definition) is 1. The summed E-state index contributed by atoms with van der Waals surface area (Å²) < 4.78 is 0. The molecular weight excluding hydrogens is 304 g/mol. The summed E-state index contributed by atoms with van der Waals surface area (Å²) in [6, 6.07) is 8.89. The van der Waals surface area contributed by atoms with Crippen LogP contribution in [0.2, 0.25) is 0 Å². The lowest BCUT2D eigenvalue weighted by molar-refractivity contribution is -0.117. The Bertz CT molecular complexity index is 737. The van der Waals surface area contributed by atoms with Crippen molar-refractivity contribution in [3.63, 3.8) is 0 Å². The highest BCUT2D eigenvalue weighted by molar-refractivity contribution is 7.10. The predicted octanol–water partition coefficient (Wildman–Crippen LogP) is 3.79. The SMILES string of the molecule is C[C@H]1c2ccsc2CCN1CC(=O)Nc1ccc2c(c1)CCC2. The third kappa shape index (κ3) is 2.93. The first kappa shape index (κ1) is 14.9. The van der Waals surface area contributed by atoms with E-state index in [4.69, 9.17) is 0 Å². The van der Waals surface area contributed by atoms with Gasteiger partial charge >= 0.3 is 0 Å². The molecule has 2 aromatic rings. The van der Waals surface area contributed by atoms with Crippen LogP contribution in [-0.4, -0.2) is 23.9 Å². The van der Waals surface area contributed by atoms with Gasteiger partial charge in [-0.25, -0.2) is 0 Å². The normalized spacial score (nSPS) is 20.1. The number of aryl methyl sites for hydroxylation is 2. The standard InChI is InChI=1S/C19H22N2OS/c1-13-17-8-10-23-18(17)7-9-21(13)12-19(22)20-16-6-5-14-3-2-4-15(14)11-16/h5-6,8,10-11,13H,2-4,7,9,12H2,1H3,(H,20,22)/t13-/m0/s1. The van der Waals surface area contributed by atoms with E-state index in [1.165, 1.54) is 34.4 Å². The Labute approximate surface area is 141 Å². The third-order valence-electron chi connectivity index (χ3n) is 5.13. The van der Waals surface area contributed by atoms with Crippen molar-refractivity contribution in [1.29, 1.82) is 0 Å². The number of amides is 1. The van der Waals surface area contributed by atoms with Gasteiger partial charge in [-0.05, 0) is 72.9 Å². The lowest BCUT2D eigenvalue weighted by Crippen LogP contribution is -2.39. The fraction of sp³-hybridized carbons (Fsp3) is 0.421. The van der Waals surface area contributed by atoms with Crippen molar-refractivity contribution in [3.8, 4) is 0 Å². The Morgan fingerprint density at radius 2 is 2.13 bits per heavy atom. The van der Waals surface area contributed by atoms with E-state index in [2.05, 4.69) is 40.7 Å².